The van der Waals surface area contributed by atoms with E-state index < -0.39 is 0 Å². The van der Waals surface area contributed by atoms with E-state index in [-0.39, 0.29) is 0 Å². The van der Waals surface area contributed by atoms with Crippen molar-refractivity contribution in [3.63, 3.8) is 0 Å². The summed E-state index contributed by atoms with van der Waals surface area (Å²) in [6.45, 7) is 9.16. The van der Waals surface area contributed by atoms with Crippen LogP contribution in [-0.2, 0) is 0 Å². The van der Waals surface area contributed by atoms with Crippen molar-refractivity contribution >= 4 is 28.3 Å². The summed E-state index contributed by atoms with van der Waals surface area (Å²) in [7, 11) is 0. The monoisotopic (exact) mass is 358 g/mol. The van der Waals surface area contributed by atoms with Gasteiger partial charge in [-0.2, -0.15) is 0 Å². The van der Waals surface area contributed by atoms with Gasteiger partial charge in [-0.25, -0.2) is 0 Å². The van der Waals surface area contributed by atoms with E-state index in [4.69, 9.17) is 0 Å². The molecule has 2 nitrogen and oxygen atoms in total. The first-order valence-electron chi connectivity index (χ1n) is 6.89. The predicted molar refractivity (Wildman–Crippen MR) is 87.2 cm³/mol. The molecule has 1 aliphatic heterocycles. The summed E-state index contributed by atoms with van der Waals surface area (Å²) >= 11 is 2.39. The summed E-state index contributed by atoms with van der Waals surface area (Å²) < 4.78 is 1.32. The highest BCUT2D eigenvalue weighted by molar-refractivity contribution is 14.1. The molecule has 1 aromatic carbocycles. The number of nitrogens with one attached hydrogen (secondary N) is 1. The Hall–Kier alpha value is -0.290. The van der Waals surface area contributed by atoms with E-state index in [9.17, 15) is 0 Å². The van der Waals surface area contributed by atoms with Crippen LogP contribution >= 0.6 is 22.6 Å². The normalized spacial score (nSPS) is 28.4. The first-order valence-corrected chi connectivity index (χ1v) is 7.97. The average Bonchev–Trinajstić information content (AvgIpc) is 2.35. The van der Waals surface area contributed by atoms with Crippen LogP contribution in [0.3, 0.4) is 0 Å². The molecule has 0 radical (unpaired) electrons. The fourth-order valence-electron chi connectivity index (χ4n) is 2.93. The molecule has 0 aromatic heterocycles. The van der Waals surface area contributed by atoms with Crippen LogP contribution in [0.5, 0.6) is 0 Å². The fourth-order valence-corrected chi connectivity index (χ4v) is 3.46. The van der Waals surface area contributed by atoms with Crippen molar-refractivity contribution in [2.75, 3.05) is 18.0 Å². The van der Waals surface area contributed by atoms with E-state index >= 15 is 0 Å². The summed E-state index contributed by atoms with van der Waals surface area (Å²) in [5.74, 6) is 0.691. The molecule has 0 bridgehead atoms. The van der Waals surface area contributed by atoms with Crippen molar-refractivity contribution in [1.29, 1.82) is 0 Å². The maximum Gasteiger partial charge on any atom is 0.0379 e. The number of benzene rings is 1. The molecule has 3 unspecified atom stereocenters. The van der Waals surface area contributed by atoms with Gasteiger partial charge in [0.2, 0.25) is 0 Å². The number of hydrogen-bond donors (Lipinski definition) is 1. The second-order valence-corrected chi connectivity index (χ2v) is 6.47. The summed E-state index contributed by atoms with van der Waals surface area (Å²) in [5, 5.41) is 3.62. The minimum atomic E-state index is 0.598. The standard InChI is InChI=1S/C15H23IN2/c1-4-17-15-8-9-18(12(3)11(15)2)14-7-5-6-13(16)10-14/h5-7,10-12,15,17H,4,8-9H2,1-3H3. The van der Waals surface area contributed by atoms with Gasteiger partial charge in [0, 0.05) is 27.9 Å². The Bertz CT molecular complexity index is 394. The number of rotatable bonds is 3. The van der Waals surface area contributed by atoms with Crippen LogP contribution in [0, 0.1) is 9.49 Å². The molecule has 0 spiro atoms. The molecule has 3 atom stereocenters. The number of anilines is 1. The highest BCUT2D eigenvalue weighted by Gasteiger charge is 2.31. The highest BCUT2D eigenvalue weighted by atomic mass is 127. The van der Waals surface area contributed by atoms with Crippen LogP contribution < -0.4 is 10.2 Å². The van der Waals surface area contributed by atoms with Crippen molar-refractivity contribution in [3.8, 4) is 0 Å². The van der Waals surface area contributed by atoms with Gasteiger partial charge in [0.25, 0.3) is 0 Å². The number of hydrogen-bond acceptors (Lipinski definition) is 2. The SMILES string of the molecule is CCNC1CCN(c2cccc(I)c2)C(C)C1C. The van der Waals surface area contributed by atoms with Gasteiger partial charge in [-0.1, -0.05) is 19.9 Å². The highest BCUT2D eigenvalue weighted by Crippen LogP contribution is 2.29. The average molecular weight is 358 g/mol. The van der Waals surface area contributed by atoms with E-state index in [1.54, 1.807) is 0 Å². The first-order chi connectivity index (χ1) is 8.63. The topological polar surface area (TPSA) is 15.3 Å². The van der Waals surface area contributed by atoms with Crippen LogP contribution in [0.1, 0.15) is 27.2 Å². The van der Waals surface area contributed by atoms with Crippen molar-refractivity contribution in [2.45, 2.75) is 39.3 Å². The maximum absolute atomic E-state index is 3.62. The third-order valence-corrected chi connectivity index (χ3v) is 4.85. The molecule has 1 N–H and O–H groups in total. The van der Waals surface area contributed by atoms with Gasteiger partial charge in [0.05, 0.1) is 0 Å². The molecule has 18 heavy (non-hydrogen) atoms. The van der Waals surface area contributed by atoms with Crippen molar-refractivity contribution < 1.29 is 0 Å². The van der Waals surface area contributed by atoms with E-state index in [1.807, 2.05) is 0 Å². The second-order valence-electron chi connectivity index (χ2n) is 5.23. The summed E-state index contributed by atoms with van der Waals surface area (Å²) in [6.07, 6.45) is 1.24. The fraction of sp³-hybridized carbons (Fsp3) is 0.600. The number of nitrogens with zero attached hydrogens (tertiary/aromatic N) is 1. The number of halogens is 1. The third-order valence-electron chi connectivity index (χ3n) is 4.17. The molecule has 1 saturated heterocycles. The van der Waals surface area contributed by atoms with Crippen LogP contribution in [0.25, 0.3) is 0 Å². The molecule has 0 aliphatic carbocycles. The molecule has 100 valence electrons. The molecular formula is C15H23IN2. The minimum absolute atomic E-state index is 0.598. The van der Waals surface area contributed by atoms with Gasteiger partial charge in [-0.3, -0.25) is 0 Å². The first kappa shape index (κ1) is 14.1. The molecule has 1 aromatic rings. The lowest BCUT2D eigenvalue weighted by molar-refractivity contribution is 0.274. The van der Waals surface area contributed by atoms with Crippen molar-refractivity contribution in [2.24, 2.45) is 5.92 Å². The molecule has 0 amide bonds. The Balaban J connectivity index is 2.12. The zero-order chi connectivity index (χ0) is 13.1. The third kappa shape index (κ3) is 2.99. The lowest BCUT2D eigenvalue weighted by atomic mass is 9.86. The maximum atomic E-state index is 3.62. The molecule has 1 fully saturated rings. The van der Waals surface area contributed by atoms with Gasteiger partial charge in [0.15, 0.2) is 0 Å². The Morgan fingerprint density at radius 3 is 2.83 bits per heavy atom. The molecule has 3 heteroatoms. The molecule has 2 rings (SSSR count). The Morgan fingerprint density at radius 2 is 2.17 bits per heavy atom. The minimum Gasteiger partial charge on any atom is -0.368 e. The smallest absolute Gasteiger partial charge is 0.0379 e. The van der Waals surface area contributed by atoms with Crippen LogP contribution in [0.4, 0.5) is 5.69 Å². The second kappa shape index (κ2) is 6.24. The van der Waals surface area contributed by atoms with Gasteiger partial charge in [-0.15, -0.1) is 0 Å². The van der Waals surface area contributed by atoms with E-state index in [0.717, 1.165) is 13.1 Å². The Kier molecular flexibility index (Phi) is 4.90. The Morgan fingerprint density at radius 1 is 1.39 bits per heavy atom. The largest absolute Gasteiger partial charge is 0.368 e. The zero-order valence-electron chi connectivity index (χ0n) is 11.5. The van der Waals surface area contributed by atoms with Crippen molar-refractivity contribution in [3.05, 3.63) is 27.8 Å². The van der Waals surface area contributed by atoms with Crippen LogP contribution in [-0.4, -0.2) is 25.2 Å². The van der Waals surface area contributed by atoms with Gasteiger partial charge in [-0.05, 0) is 66.6 Å². The summed E-state index contributed by atoms with van der Waals surface area (Å²) in [5.41, 5.74) is 1.37. The van der Waals surface area contributed by atoms with Crippen LogP contribution in [0.15, 0.2) is 24.3 Å². The summed E-state index contributed by atoms with van der Waals surface area (Å²) in [4.78, 5) is 2.56. The van der Waals surface area contributed by atoms with E-state index in [0.29, 0.717) is 18.0 Å². The summed E-state index contributed by atoms with van der Waals surface area (Å²) in [6, 6.07) is 10.1. The van der Waals surface area contributed by atoms with Crippen LogP contribution in [0.2, 0.25) is 0 Å². The lowest BCUT2D eigenvalue weighted by Crippen LogP contribution is -2.53. The number of piperidine rings is 1. The zero-order valence-corrected chi connectivity index (χ0v) is 13.6. The molecule has 0 saturated carbocycles. The molecular weight excluding hydrogens is 335 g/mol. The van der Waals surface area contributed by atoms with Crippen molar-refractivity contribution in [1.82, 2.24) is 5.32 Å². The predicted octanol–water partition coefficient (Wildman–Crippen LogP) is 3.50. The van der Waals surface area contributed by atoms with Gasteiger partial charge in [0.1, 0.15) is 0 Å². The molecule has 1 aliphatic rings. The van der Waals surface area contributed by atoms with E-state index in [2.05, 4.69) is 77.8 Å². The molecule has 1 heterocycles. The van der Waals surface area contributed by atoms with Gasteiger partial charge >= 0.3 is 0 Å². The van der Waals surface area contributed by atoms with E-state index in [1.165, 1.54) is 15.7 Å². The Labute approximate surface area is 124 Å². The van der Waals surface area contributed by atoms with Gasteiger partial charge < -0.3 is 10.2 Å². The quantitative estimate of drug-likeness (QED) is 0.832. The lowest BCUT2D eigenvalue weighted by Gasteiger charge is -2.44.